The number of thiocarbonyl (C=S) groups is 2. The van der Waals surface area contributed by atoms with Gasteiger partial charge in [-0.05, 0) is 101 Å². The summed E-state index contributed by atoms with van der Waals surface area (Å²) >= 11 is 35.1. The molecule has 8 nitrogen and oxygen atoms in total. The highest BCUT2D eigenvalue weighted by Gasteiger charge is 2.34. The molecule has 0 spiro atoms. The number of hydrogen-bond donors (Lipinski definition) is 4. The summed E-state index contributed by atoms with van der Waals surface area (Å²) in [7, 11) is 0. The molecule has 2 heterocycles. The third kappa shape index (κ3) is 8.85. The van der Waals surface area contributed by atoms with Crippen molar-refractivity contribution in [1.82, 2.24) is 31.1 Å². The molecule has 2 amide bonds. The molecule has 4 rings (SSSR count). The lowest BCUT2D eigenvalue weighted by Crippen LogP contribution is -2.47. The first-order valence-corrected chi connectivity index (χ1v) is 17.1. The average molecular weight is 745 g/mol. The number of nitrogens with one attached hydrogen (secondary N) is 4. The normalized spacial score (nSPS) is 17.6. The van der Waals surface area contributed by atoms with Gasteiger partial charge in [-0.25, -0.2) is 0 Å². The van der Waals surface area contributed by atoms with Crippen molar-refractivity contribution >= 4 is 92.9 Å². The largest absolute Gasteiger partial charge is 0.351 e. The van der Waals surface area contributed by atoms with Crippen LogP contribution in [0.15, 0.2) is 58.9 Å². The summed E-state index contributed by atoms with van der Waals surface area (Å²) in [6.45, 7) is 14.1. The number of amides is 2. The molecule has 0 saturated carbocycles. The molecule has 2 aliphatic rings. The Hall–Kier alpha value is -2.60. The number of hydrogen-bond acceptors (Lipinski definition) is 4. The first-order valence-electron chi connectivity index (χ1n) is 14.8. The summed E-state index contributed by atoms with van der Waals surface area (Å²) in [5, 5.41) is 15.4. The molecule has 248 valence electrons. The number of rotatable bonds is 8. The molecule has 4 N–H and O–H groups in total. The quantitative estimate of drug-likeness (QED) is 0.210. The zero-order chi connectivity index (χ0) is 34.3. The number of carbonyl (C=O) groups is 2. The van der Waals surface area contributed by atoms with Gasteiger partial charge in [0.15, 0.2) is 10.2 Å². The van der Waals surface area contributed by atoms with E-state index in [4.69, 9.17) is 70.8 Å². The van der Waals surface area contributed by atoms with Crippen molar-refractivity contribution in [1.29, 1.82) is 0 Å². The summed E-state index contributed by atoms with van der Waals surface area (Å²) in [4.78, 5) is 29.4. The van der Waals surface area contributed by atoms with Gasteiger partial charge in [-0.1, -0.05) is 58.5 Å². The van der Waals surface area contributed by atoms with Crippen LogP contribution in [-0.2, 0) is 9.59 Å². The number of carbonyl (C=O) groups excluding carboxylic acids is 2. The van der Waals surface area contributed by atoms with Crippen LogP contribution >= 0.6 is 70.8 Å². The Kier molecular flexibility index (Phi) is 14.0. The van der Waals surface area contributed by atoms with Crippen LogP contribution in [-0.4, -0.2) is 58.0 Å². The molecule has 46 heavy (non-hydrogen) atoms. The number of benzene rings is 2. The van der Waals surface area contributed by atoms with Crippen molar-refractivity contribution in [3.8, 4) is 0 Å². The van der Waals surface area contributed by atoms with Gasteiger partial charge in [-0.2, -0.15) is 0 Å². The zero-order valence-electron chi connectivity index (χ0n) is 26.5. The molecule has 0 fully saturated rings. The highest BCUT2D eigenvalue weighted by Crippen LogP contribution is 2.35. The molecule has 0 bridgehead atoms. The van der Waals surface area contributed by atoms with E-state index >= 15 is 0 Å². The molecule has 2 aliphatic heterocycles. The maximum atomic E-state index is 12.9. The van der Waals surface area contributed by atoms with Gasteiger partial charge in [0.2, 0.25) is 0 Å². The Morgan fingerprint density at radius 2 is 0.978 bits per heavy atom. The Morgan fingerprint density at radius 1 is 0.652 bits per heavy atom. The van der Waals surface area contributed by atoms with Crippen molar-refractivity contribution in [2.45, 2.75) is 53.6 Å². The fraction of sp³-hybridized carbons (Fsp3) is 0.375. The molecule has 2 atom stereocenters. The fourth-order valence-electron chi connectivity index (χ4n) is 5.25. The summed E-state index contributed by atoms with van der Waals surface area (Å²) in [6.07, 6.45) is 0. The van der Waals surface area contributed by atoms with E-state index in [-0.39, 0.29) is 11.8 Å². The molecule has 0 aromatic heterocycles. The molecule has 14 heteroatoms. The van der Waals surface area contributed by atoms with Crippen molar-refractivity contribution in [3.63, 3.8) is 0 Å². The monoisotopic (exact) mass is 742 g/mol. The van der Waals surface area contributed by atoms with Crippen molar-refractivity contribution < 1.29 is 9.59 Å². The van der Waals surface area contributed by atoms with E-state index in [1.165, 1.54) is 0 Å². The van der Waals surface area contributed by atoms with Crippen molar-refractivity contribution in [3.05, 3.63) is 90.2 Å². The smallest absolute Gasteiger partial charge is 0.253 e. The van der Waals surface area contributed by atoms with Gasteiger partial charge in [-0.15, -0.1) is 0 Å². The minimum Gasteiger partial charge on any atom is -0.351 e. The molecular weight excluding hydrogens is 706 g/mol. The van der Waals surface area contributed by atoms with E-state index in [2.05, 4.69) is 21.3 Å². The SMILES string of the molecule is CCN(CC)C(=O)C1=C(C)NC(=S)N[C@H]1c1ccc(Cl)cc1Cl.CCN(CC)C(=O)C1=C(C)NC(=S)N[C@H]1c1ccc(Cl)cc1Cl. The molecule has 0 aliphatic carbocycles. The minimum absolute atomic E-state index is 0.0361. The molecule has 0 saturated heterocycles. The second-order valence-corrected chi connectivity index (χ2v) is 12.9. The first kappa shape index (κ1) is 37.9. The lowest BCUT2D eigenvalue weighted by Gasteiger charge is -2.33. The summed E-state index contributed by atoms with van der Waals surface area (Å²) in [5.74, 6) is -0.0722. The average Bonchev–Trinajstić information content (AvgIpc) is 2.98. The van der Waals surface area contributed by atoms with Crippen molar-refractivity contribution in [2.75, 3.05) is 26.2 Å². The fourth-order valence-corrected chi connectivity index (χ4v) is 6.83. The lowest BCUT2D eigenvalue weighted by molar-refractivity contribution is -0.128. The van der Waals surface area contributed by atoms with Crippen LogP contribution in [0.25, 0.3) is 0 Å². The van der Waals surface area contributed by atoms with Gasteiger partial charge >= 0.3 is 0 Å². The second kappa shape index (κ2) is 17.0. The minimum atomic E-state index is -0.401. The highest BCUT2D eigenvalue weighted by atomic mass is 35.5. The third-order valence-electron chi connectivity index (χ3n) is 7.65. The van der Waals surface area contributed by atoms with Crippen LogP contribution in [0.5, 0.6) is 0 Å². The predicted octanol–water partition coefficient (Wildman–Crippen LogP) is 7.31. The van der Waals surface area contributed by atoms with Gasteiger partial charge in [0.1, 0.15) is 0 Å². The maximum absolute atomic E-state index is 12.9. The first-order chi connectivity index (χ1) is 21.8. The predicted molar refractivity (Wildman–Crippen MR) is 197 cm³/mol. The topological polar surface area (TPSA) is 88.7 Å². The van der Waals surface area contributed by atoms with Gasteiger partial charge in [0, 0.05) is 57.7 Å². The van der Waals surface area contributed by atoms with Crippen LogP contribution < -0.4 is 21.3 Å². The number of halogens is 4. The lowest BCUT2D eigenvalue weighted by atomic mass is 9.94. The van der Waals surface area contributed by atoms with Crippen LogP contribution in [0.4, 0.5) is 0 Å². The Bertz CT molecular complexity index is 1460. The standard InChI is InChI=1S/2C16H19Cl2N3OS/c2*1-4-21(5-2)15(22)13-9(3)19-16(23)20-14(13)11-7-6-10(17)8-12(11)18/h2*6-8,14H,4-5H2,1-3H3,(H2,19,20,23)/t2*14-/m00/s1. The van der Waals surface area contributed by atoms with Gasteiger partial charge in [0.25, 0.3) is 11.8 Å². The van der Waals surface area contributed by atoms with Crippen LogP contribution in [0.3, 0.4) is 0 Å². The molecule has 2 aromatic rings. The van der Waals surface area contributed by atoms with E-state index in [9.17, 15) is 9.59 Å². The number of likely N-dealkylation sites (N-methyl/N-ethyl adjacent to an activating group) is 2. The van der Waals surface area contributed by atoms with E-state index < -0.39 is 12.1 Å². The summed E-state index contributed by atoms with van der Waals surface area (Å²) in [6, 6.07) is 9.68. The van der Waals surface area contributed by atoms with E-state index in [0.29, 0.717) is 67.6 Å². The van der Waals surface area contributed by atoms with E-state index in [1.54, 1.807) is 34.1 Å². The maximum Gasteiger partial charge on any atom is 0.253 e. The van der Waals surface area contributed by atoms with Gasteiger partial charge in [-0.3, -0.25) is 9.59 Å². The van der Waals surface area contributed by atoms with E-state index in [0.717, 1.165) is 22.5 Å². The molecular formula is C32H38Cl4N6O2S2. The van der Waals surface area contributed by atoms with Gasteiger partial charge in [0.05, 0.1) is 23.2 Å². The zero-order valence-corrected chi connectivity index (χ0v) is 31.1. The number of allylic oxidation sites excluding steroid dienone is 2. The molecule has 2 aromatic carbocycles. The Labute approximate surface area is 301 Å². The third-order valence-corrected chi connectivity index (χ3v) is 9.21. The Balaban J connectivity index is 0.000000250. The second-order valence-electron chi connectivity index (χ2n) is 10.4. The Morgan fingerprint density at radius 3 is 1.26 bits per heavy atom. The molecule has 0 radical (unpaired) electrons. The summed E-state index contributed by atoms with van der Waals surface area (Å²) < 4.78 is 0. The van der Waals surface area contributed by atoms with Gasteiger partial charge < -0.3 is 31.1 Å². The van der Waals surface area contributed by atoms with Crippen molar-refractivity contribution in [2.24, 2.45) is 0 Å². The number of nitrogens with zero attached hydrogens (tertiary/aromatic N) is 2. The highest BCUT2D eigenvalue weighted by molar-refractivity contribution is 7.80. The van der Waals surface area contributed by atoms with Crippen LogP contribution in [0.1, 0.15) is 64.8 Å². The molecule has 0 unspecified atom stereocenters. The van der Waals surface area contributed by atoms with Crippen LogP contribution in [0, 0.1) is 0 Å². The van der Waals surface area contributed by atoms with Crippen LogP contribution in [0.2, 0.25) is 20.1 Å². The summed E-state index contributed by atoms with van der Waals surface area (Å²) in [5.41, 5.74) is 4.26. The van der Waals surface area contributed by atoms with E-state index in [1.807, 2.05) is 53.7 Å².